The van der Waals surface area contributed by atoms with Crippen LogP contribution in [0.25, 0.3) is 0 Å². The number of carbonyl (C=O) groups is 2. The number of amides is 2. The SMILES string of the molecule is CN(C)C(=O)CN=C(NCC(=O)N(C)C)N1CCCC2(CCCCCC2)C1.I. The third kappa shape index (κ3) is 7.40. The lowest BCUT2D eigenvalue weighted by Crippen LogP contribution is -2.52. The van der Waals surface area contributed by atoms with Gasteiger partial charge in [0.25, 0.3) is 0 Å². The summed E-state index contributed by atoms with van der Waals surface area (Å²) >= 11 is 0. The van der Waals surface area contributed by atoms with Crippen LogP contribution in [0.15, 0.2) is 4.99 Å². The maximum absolute atomic E-state index is 12.0. The monoisotopic (exact) mass is 507 g/mol. The molecular weight excluding hydrogens is 469 g/mol. The van der Waals surface area contributed by atoms with Crippen LogP contribution in [-0.2, 0) is 9.59 Å². The highest BCUT2D eigenvalue weighted by Crippen LogP contribution is 2.42. The Morgan fingerprint density at radius 3 is 2.07 bits per heavy atom. The van der Waals surface area contributed by atoms with Gasteiger partial charge in [0.1, 0.15) is 6.54 Å². The molecule has 1 saturated carbocycles. The molecule has 1 aliphatic heterocycles. The average Bonchev–Trinajstić information content (AvgIpc) is 2.86. The van der Waals surface area contributed by atoms with Crippen molar-refractivity contribution in [1.29, 1.82) is 0 Å². The maximum Gasteiger partial charge on any atom is 0.243 e. The van der Waals surface area contributed by atoms with E-state index in [4.69, 9.17) is 0 Å². The van der Waals surface area contributed by atoms with Crippen LogP contribution in [-0.4, -0.2) is 86.8 Å². The second kappa shape index (κ2) is 11.8. The van der Waals surface area contributed by atoms with E-state index in [1.807, 2.05) is 0 Å². The molecular formula is C20H38IN5O2. The minimum absolute atomic E-state index is 0. The summed E-state index contributed by atoms with van der Waals surface area (Å²) in [7, 11) is 6.97. The van der Waals surface area contributed by atoms with Crippen LogP contribution in [0.4, 0.5) is 0 Å². The van der Waals surface area contributed by atoms with Crippen molar-refractivity contribution >= 4 is 41.8 Å². The Kier molecular flexibility index (Phi) is 10.5. The Bertz CT molecular complexity index is 543. The predicted molar refractivity (Wildman–Crippen MR) is 124 cm³/mol. The first-order valence-electron chi connectivity index (χ1n) is 10.3. The van der Waals surface area contributed by atoms with Gasteiger partial charge in [-0.1, -0.05) is 25.7 Å². The van der Waals surface area contributed by atoms with Gasteiger partial charge >= 0.3 is 0 Å². The van der Waals surface area contributed by atoms with Crippen molar-refractivity contribution in [2.24, 2.45) is 10.4 Å². The lowest BCUT2D eigenvalue weighted by molar-refractivity contribution is -0.127. The quantitative estimate of drug-likeness (QED) is 0.360. The smallest absolute Gasteiger partial charge is 0.243 e. The van der Waals surface area contributed by atoms with Crippen molar-refractivity contribution in [1.82, 2.24) is 20.0 Å². The molecule has 1 heterocycles. The molecule has 0 radical (unpaired) electrons. The van der Waals surface area contributed by atoms with E-state index in [9.17, 15) is 9.59 Å². The van der Waals surface area contributed by atoms with Gasteiger partial charge in [-0.2, -0.15) is 0 Å². The van der Waals surface area contributed by atoms with Crippen molar-refractivity contribution < 1.29 is 9.59 Å². The van der Waals surface area contributed by atoms with Crippen LogP contribution in [0, 0.1) is 5.41 Å². The molecule has 0 bridgehead atoms. The molecule has 0 aromatic heterocycles. The molecule has 2 aliphatic rings. The molecule has 2 amide bonds. The highest BCUT2D eigenvalue weighted by Gasteiger charge is 2.36. The molecule has 0 aromatic rings. The molecule has 28 heavy (non-hydrogen) atoms. The fourth-order valence-electron chi connectivity index (χ4n) is 4.14. The molecule has 162 valence electrons. The van der Waals surface area contributed by atoms with Crippen LogP contribution < -0.4 is 5.32 Å². The lowest BCUT2D eigenvalue weighted by Gasteiger charge is -2.44. The van der Waals surface area contributed by atoms with Gasteiger partial charge in [0.2, 0.25) is 11.8 Å². The van der Waals surface area contributed by atoms with E-state index >= 15 is 0 Å². The second-order valence-corrected chi connectivity index (χ2v) is 8.51. The maximum atomic E-state index is 12.0. The van der Waals surface area contributed by atoms with Crippen LogP contribution in [0.3, 0.4) is 0 Å². The van der Waals surface area contributed by atoms with Gasteiger partial charge in [-0.15, -0.1) is 24.0 Å². The van der Waals surface area contributed by atoms with Crippen LogP contribution in [0.5, 0.6) is 0 Å². The number of hydrogen-bond acceptors (Lipinski definition) is 3. The van der Waals surface area contributed by atoms with E-state index in [-0.39, 0.29) is 48.9 Å². The van der Waals surface area contributed by atoms with Crippen molar-refractivity contribution in [3.63, 3.8) is 0 Å². The largest absolute Gasteiger partial charge is 0.347 e. The van der Waals surface area contributed by atoms with Crippen molar-refractivity contribution in [2.45, 2.75) is 51.4 Å². The molecule has 8 heteroatoms. The molecule has 0 aromatic carbocycles. The number of guanidine groups is 1. The molecule has 2 fully saturated rings. The fraction of sp³-hybridized carbons (Fsp3) is 0.850. The summed E-state index contributed by atoms with van der Waals surface area (Å²) in [6, 6.07) is 0. The van der Waals surface area contributed by atoms with Gasteiger partial charge in [-0.25, -0.2) is 4.99 Å². The standard InChI is InChI=1S/C20H37N5O2.HI/c1-23(2)17(26)14-21-19(22-15-18(27)24(3)4)25-13-9-12-20(16-25)10-7-5-6-8-11-20;/h5-16H2,1-4H3,(H,21,22);1H. The molecule has 1 aliphatic carbocycles. The highest BCUT2D eigenvalue weighted by atomic mass is 127. The van der Waals surface area contributed by atoms with Gasteiger partial charge in [-0.3, -0.25) is 9.59 Å². The van der Waals surface area contributed by atoms with E-state index < -0.39 is 0 Å². The molecule has 7 nitrogen and oxygen atoms in total. The molecule has 1 saturated heterocycles. The number of hydrogen-bond donors (Lipinski definition) is 1. The molecule has 0 atom stereocenters. The van der Waals surface area contributed by atoms with Crippen molar-refractivity contribution in [3.8, 4) is 0 Å². The zero-order chi connectivity index (χ0) is 19.9. The number of carbonyl (C=O) groups excluding carboxylic acids is 2. The Hall–Kier alpha value is -1.06. The summed E-state index contributed by atoms with van der Waals surface area (Å²) < 4.78 is 0. The van der Waals surface area contributed by atoms with E-state index in [2.05, 4.69) is 15.2 Å². The summed E-state index contributed by atoms with van der Waals surface area (Å²) in [4.78, 5) is 34.0. The number of likely N-dealkylation sites (tertiary alicyclic amines) is 1. The number of aliphatic imine (C=N–C) groups is 1. The van der Waals surface area contributed by atoms with Gasteiger partial charge in [-0.05, 0) is 31.1 Å². The van der Waals surface area contributed by atoms with Crippen LogP contribution in [0.1, 0.15) is 51.4 Å². The predicted octanol–water partition coefficient (Wildman–Crippen LogP) is 2.16. The van der Waals surface area contributed by atoms with E-state index in [1.54, 1.807) is 38.0 Å². The van der Waals surface area contributed by atoms with Gasteiger partial charge in [0.15, 0.2) is 5.96 Å². The lowest BCUT2D eigenvalue weighted by atomic mass is 9.74. The molecule has 1 spiro atoms. The first-order chi connectivity index (χ1) is 12.8. The fourth-order valence-corrected chi connectivity index (χ4v) is 4.14. The minimum atomic E-state index is -0.0329. The van der Waals surface area contributed by atoms with Crippen molar-refractivity contribution in [2.75, 3.05) is 54.4 Å². The Morgan fingerprint density at radius 1 is 0.929 bits per heavy atom. The summed E-state index contributed by atoms with van der Waals surface area (Å²) in [5.41, 5.74) is 0.369. The Balaban J connectivity index is 0.00000392. The van der Waals surface area contributed by atoms with Crippen molar-refractivity contribution in [3.05, 3.63) is 0 Å². The van der Waals surface area contributed by atoms with E-state index in [1.165, 1.54) is 44.9 Å². The number of piperidine rings is 1. The first-order valence-corrected chi connectivity index (χ1v) is 10.3. The van der Waals surface area contributed by atoms with Crippen LogP contribution >= 0.6 is 24.0 Å². The van der Waals surface area contributed by atoms with Gasteiger partial charge in [0.05, 0.1) is 6.54 Å². The van der Waals surface area contributed by atoms with E-state index in [0.717, 1.165) is 19.5 Å². The minimum Gasteiger partial charge on any atom is -0.347 e. The summed E-state index contributed by atoms with van der Waals surface area (Å²) in [5, 5.41) is 3.22. The Labute approximate surface area is 187 Å². The zero-order valence-electron chi connectivity index (χ0n) is 18.0. The number of nitrogens with zero attached hydrogens (tertiary/aromatic N) is 4. The number of likely N-dealkylation sites (N-methyl/N-ethyl adjacent to an activating group) is 2. The summed E-state index contributed by atoms with van der Waals surface area (Å²) in [5.74, 6) is 0.668. The number of rotatable bonds is 4. The topological polar surface area (TPSA) is 68.2 Å². The molecule has 1 N–H and O–H groups in total. The normalized spacial score (nSPS) is 19.4. The van der Waals surface area contributed by atoms with Crippen LogP contribution in [0.2, 0.25) is 0 Å². The third-order valence-corrected chi connectivity index (χ3v) is 5.88. The molecule has 0 unspecified atom stereocenters. The van der Waals surface area contributed by atoms with Gasteiger partial charge in [0, 0.05) is 41.3 Å². The molecule has 2 rings (SSSR count). The summed E-state index contributed by atoms with van der Waals surface area (Å²) in [6.45, 7) is 2.21. The number of nitrogens with one attached hydrogen (secondary N) is 1. The zero-order valence-corrected chi connectivity index (χ0v) is 20.3. The second-order valence-electron chi connectivity index (χ2n) is 8.51. The first kappa shape index (κ1) is 25.0. The number of halogens is 1. The average molecular weight is 507 g/mol. The Morgan fingerprint density at radius 2 is 1.50 bits per heavy atom. The highest BCUT2D eigenvalue weighted by molar-refractivity contribution is 14.0. The van der Waals surface area contributed by atoms with E-state index in [0.29, 0.717) is 11.4 Å². The summed E-state index contributed by atoms with van der Waals surface area (Å²) in [6.07, 6.45) is 10.3. The van der Waals surface area contributed by atoms with Gasteiger partial charge < -0.3 is 20.0 Å². The third-order valence-electron chi connectivity index (χ3n) is 5.88.